The predicted molar refractivity (Wildman–Crippen MR) is 70.0 cm³/mol. The molecule has 1 aromatic rings. The van der Waals surface area contributed by atoms with E-state index in [-0.39, 0.29) is 5.84 Å². The van der Waals surface area contributed by atoms with Crippen LogP contribution in [0.25, 0.3) is 0 Å². The Bertz CT molecular complexity index is 480. The second-order valence-corrected chi connectivity index (χ2v) is 4.69. The number of nitrogens with zero attached hydrogens (tertiary/aromatic N) is 3. The molecule has 0 amide bonds. The fourth-order valence-electron chi connectivity index (χ4n) is 2.18. The molecule has 3 N–H and O–H groups in total. The molecule has 0 aliphatic carbocycles. The second kappa shape index (κ2) is 5.66. The lowest BCUT2D eigenvalue weighted by molar-refractivity contribution is -0.146. The number of anilines is 1. The van der Waals surface area contributed by atoms with Crippen molar-refractivity contribution in [1.29, 1.82) is 5.41 Å². The van der Waals surface area contributed by atoms with Crippen LogP contribution in [0.1, 0.15) is 5.69 Å². The molecule has 2 heterocycles. The Kier molecular flexibility index (Phi) is 4.12. The Morgan fingerprint density at radius 1 is 1.30 bits per heavy atom. The summed E-state index contributed by atoms with van der Waals surface area (Å²) in [5.41, 5.74) is 6.58. The standard InChI is InChI=1S/C12H16F3N5/c13-12(14,15)8-19-3-5-20(6-4-19)9-1-2-18-10(7-9)11(16)17/h1-2,7H,3-6,8H2,(H3,16,17). The molecule has 1 aliphatic rings. The number of alkyl halides is 3. The number of nitrogen functional groups attached to an aromatic ring is 1. The Morgan fingerprint density at radius 2 is 1.95 bits per heavy atom. The van der Waals surface area contributed by atoms with Crippen molar-refractivity contribution < 1.29 is 13.2 Å². The summed E-state index contributed by atoms with van der Waals surface area (Å²) in [5.74, 6) is -0.123. The molecule has 110 valence electrons. The minimum absolute atomic E-state index is 0.123. The van der Waals surface area contributed by atoms with Gasteiger partial charge in [-0.15, -0.1) is 0 Å². The first-order chi connectivity index (χ1) is 9.35. The van der Waals surface area contributed by atoms with Gasteiger partial charge in [0.25, 0.3) is 0 Å². The van der Waals surface area contributed by atoms with Crippen molar-refractivity contribution in [2.24, 2.45) is 5.73 Å². The van der Waals surface area contributed by atoms with E-state index in [1.54, 1.807) is 18.3 Å². The third-order valence-corrected chi connectivity index (χ3v) is 3.16. The highest BCUT2D eigenvalue weighted by Gasteiger charge is 2.32. The van der Waals surface area contributed by atoms with Crippen molar-refractivity contribution in [1.82, 2.24) is 9.88 Å². The van der Waals surface area contributed by atoms with Crippen LogP contribution in [0.4, 0.5) is 18.9 Å². The van der Waals surface area contributed by atoms with Crippen LogP contribution >= 0.6 is 0 Å². The molecule has 1 aliphatic heterocycles. The SMILES string of the molecule is N=C(N)c1cc(N2CCN(CC(F)(F)F)CC2)ccn1. The lowest BCUT2D eigenvalue weighted by Gasteiger charge is -2.36. The van der Waals surface area contributed by atoms with Gasteiger partial charge >= 0.3 is 6.18 Å². The third-order valence-electron chi connectivity index (χ3n) is 3.16. The first-order valence-electron chi connectivity index (χ1n) is 6.20. The fourth-order valence-corrected chi connectivity index (χ4v) is 2.18. The third kappa shape index (κ3) is 3.83. The average molecular weight is 287 g/mol. The van der Waals surface area contributed by atoms with Gasteiger partial charge in [-0.1, -0.05) is 0 Å². The lowest BCUT2D eigenvalue weighted by atomic mass is 10.2. The molecule has 0 aromatic carbocycles. The quantitative estimate of drug-likeness (QED) is 0.644. The van der Waals surface area contributed by atoms with Crippen LogP contribution in [0.5, 0.6) is 0 Å². The number of hydrogen-bond acceptors (Lipinski definition) is 4. The Hall–Kier alpha value is -1.83. The van der Waals surface area contributed by atoms with Gasteiger partial charge in [0, 0.05) is 38.1 Å². The number of rotatable bonds is 3. The van der Waals surface area contributed by atoms with E-state index in [2.05, 4.69) is 4.98 Å². The molecule has 5 nitrogen and oxygen atoms in total. The van der Waals surface area contributed by atoms with E-state index in [9.17, 15) is 13.2 Å². The Labute approximate surface area is 114 Å². The fraction of sp³-hybridized carbons (Fsp3) is 0.500. The van der Waals surface area contributed by atoms with E-state index in [1.165, 1.54) is 4.90 Å². The largest absolute Gasteiger partial charge is 0.401 e. The zero-order valence-corrected chi connectivity index (χ0v) is 10.8. The van der Waals surface area contributed by atoms with Gasteiger partial charge in [0.2, 0.25) is 0 Å². The maximum atomic E-state index is 12.3. The summed E-state index contributed by atoms with van der Waals surface area (Å²) in [6, 6.07) is 3.45. The van der Waals surface area contributed by atoms with Gasteiger partial charge in [0.05, 0.1) is 6.54 Å². The van der Waals surface area contributed by atoms with Gasteiger partial charge in [-0.2, -0.15) is 13.2 Å². The molecular weight excluding hydrogens is 271 g/mol. The number of nitrogens with one attached hydrogen (secondary N) is 1. The van der Waals surface area contributed by atoms with Crippen molar-refractivity contribution in [2.75, 3.05) is 37.6 Å². The van der Waals surface area contributed by atoms with Gasteiger partial charge in [-0.05, 0) is 12.1 Å². The number of aromatic nitrogens is 1. The summed E-state index contributed by atoms with van der Waals surface area (Å²) in [7, 11) is 0. The molecule has 0 bridgehead atoms. The molecule has 0 unspecified atom stereocenters. The maximum Gasteiger partial charge on any atom is 0.401 e. The van der Waals surface area contributed by atoms with Crippen molar-refractivity contribution >= 4 is 11.5 Å². The van der Waals surface area contributed by atoms with Crippen LogP contribution < -0.4 is 10.6 Å². The van der Waals surface area contributed by atoms with Crippen LogP contribution in [0.2, 0.25) is 0 Å². The first kappa shape index (κ1) is 14.6. The van der Waals surface area contributed by atoms with Crippen molar-refractivity contribution in [3.8, 4) is 0 Å². The summed E-state index contributed by atoms with van der Waals surface area (Å²) >= 11 is 0. The van der Waals surface area contributed by atoms with E-state index >= 15 is 0 Å². The Balaban J connectivity index is 1.97. The van der Waals surface area contributed by atoms with Crippen LogP contribution in [-0.4, -0.2) is 54.6 Å². The van der Waals surface area contributed by atoms with E-state index < -0.39 is 12.7 Å². The normalized spacial score (nSPS) is 17.2. The molecule has 0 radical (unpaired) electrons. The molecule has 1 saturated heterocycles. The summed E-state index contributed by atoms with van der Waals surface area (Å²) in [6.45, 7) is 0.874. The van der Waals surface area contributed by atoms with E-state index in [4.69, 9.17) is 11.1 Å². The second-order valence-electron chi connectivity index (χ2n) is 4.69. The molecule has 1 aromatic heterocycles. The summed E-state index contributed by atoms with van der Waals surface area (Å²) < 4.78 is 36.9. The summed E-state index contributed by atoms with van der Waals surface area (Å²) in [4.78, 5) is 7.33. The van der Waals surface area contributed by atoms with Crippen molar-refractivity contribution in [2.45, 2.75) is 6.18 Å². The van der Waals surface area contributed by atoms with Crippen LogP contribution in [0.15, 0.2) is 18.3 Å². The van der Waals surface area contributed by atoms with Gasteiger partial charge in [0.1, 0.15) is 11.5 Å². The van der Waals surface area contributed by atoms with Crippen molar-refractivity contribution in [3.63, 3.8) is 0 Å². The monoisotopic (exact) mass is 287 g/mol. The molecule has 0 atom stereocenters. The molecule has 0 spiro atoms. The van der Waals surface area contributed by atoms with Gasteiger partial charge in [-0.3, -0.25) is 15.3 Å². The van der Waals surface area contributed by atoms with E-state index in [1.807, 2.05) is 4.90 Å². The number of hydrogen-bond donors (Lipinski definition) is 2. The van der Waals surface area contributed by atoms with E-state index in [0.29, 0.717) is 31.9 Å². The minimum Gasteiger partial charge on any atom is -0.382 e. The minimum atomic E-state index is -4.15. The molecule has 8 heteroatoms. The highest BCUT2D eigenvalue weighted by Crippen LogP contribution is 2.20. The number of piperazine rings is 1. The molecule has 20 heavy (non-hydrogen) atoms. The molecule has 1 fully saturated rings. The number of amidine groups is 1. The highest BCUT2D eigenvalue weighted by molar-refractivity contribution is 5.93. The number of halogens is 3. The topological polar surface area (TPSA) is 69.2 Å². The molecule has 2 rings (SSSR count). The maximum absolute atomic E-state index is 12.3. The zero-order valence-electron chi connectivity index (χ0n) is 10.8. The average Bonchev–Trinajstić information content (AvgIpc) is 2.38. The predicted octanol–water partition coefficient (Wildman–Crippen LogP) is 1.05. The first-order valence-corrected chi connectivity index (χ1v) is 6.20. The van der Waals surface area contributed by atoms with Gasteiger partial charge in [-0.25, -0.2) is 0 Å². The number of pyridine rings is 1. The highest BCUT2D eigenvalue weighted by atomic mass is 19.4. The smallest absolute Gasteiger partial charge is 0.382 e. The summed E-state index contributed by atoms with van der Waals surface area (Å²) in [6.07, 6.45) is -2.60. The lowest BCUT2D eigenvalue weighted by Crippen LogP contribution is -2.49. The Morgan fingerprint density at radius 3 is 2.50 bits per heavy atom. The summed E-state index contributed by atoms with van der Waals surface area (Å²) in [5, 5.41) is 7.34. The molecular formula is C12H16F3N5. The van der Waals surface area contributed by atoms with Crippen LogP contribution in [-0.2, 0) is 0 Å². The zero-order chi connectivity index (χ0) is 14.8. The number of nitrogens with two attached hydrogens (primary N) is 1. The van der Waals surface area contributed by atoms with Crippen molar-refractivity contribution in [3.05, 3.63) is 24.0 Å². The van der Waals surface area contributed by atoms with Gasteiger partial charge in [0.15, 0.2) is 0 Å². The van der Waals surface area contributed by atoms with E-state index in [0.717, 1.165) is 5.69 Å². The van der Waals surface area contributed by atoms with Crippen LogP contribution in [0, 0.1) is 5.41 Å². The molecule has 0 saturated carbocycles. The van der Waals surface area contributed by atoms with Crippen LogP contribution in [0.3, 0.4) is 0 Å². The van der Waals surface area contributed by atoms with Gasteiger partial charge < -0.3 is 10.6 Å².